The summed E-state index contributed by atoms with van der Waals surface area (Å²) in [5, 5.41) is 0. The van der Waals surface area contributed by atoms with E-state index < -0.39 is 0 Å². The van der Waals surface area contributed by atoms with Gasteiger partial charge < -0.3 is 5.73 Å². The molecule has 84 valence electrons. The highest BCUT2D eigenvalue weighted by molar-refractivity contribution is 7.99. The van der Waals surface area contributed by atoms with Crippen LogP contribution in [0.4, 0.5) is 0 Å². The van der Waals surface area contributed by atoms with Gasteiger partial charge in [-0.05, 0) is 36.1 Å². The Labute approximate surface area is 97.4 Å². The fraction of sp³-hybridized carbons (Fsp3) is 0.538. The highest BCUT2D eigenvalue weighted by Crippen LogP contribution is 2.23. The topological polar surface area (TPSA) is 26.0 Å². The van der Waals surface area contributed by atoms with Crippen LogP contribution in [0.15, 0.2) is 29.2 Å². The molecule has 1 aromatic carbocycles. The number of hydrogen-bond acceptors (Lipinski definition) is 2. The van der Waals surface area contributed by atoms with E-state index in [1.165, 1.54) is 10.5 Å². The van der Waals surface area contributed by atoms with Crippen LogP contribution < -0.4 is 5.73 Å². The second-order valence-corrected chi connectivity index (χ2v) is 5.47. The molecule has 0 saturated heterocycles. The van der Waals surface area contributed by atoms with Crippen molar-refractivity contribution in [3.05, 3.63) is 29.8 Å². The molecule has 0 aliphatic rings. The summed E-state index contributed by atoms with van der Waals surface area (Å²) in [6.45, 7) is 7.41. The van der Waals surface area contributed by atoms with Gasteiger partial charge in [-0.3, -0.25) is 0 Å². The Balaban J connectivity index is 2.50. The van der Waals surface area contributed by atoms with Gasteiger partial charge in [0.05, 0.1) is 0 Å². The average Bonchev–Trinajstić information content (AvgIpc) is 2.26. The monoisotopic (exact) mass is 223 g/mol. The number of nitrogens with two attached hydrogens (primary N) is 1. The second-order valence-electron chi connectivity index (χ2n) is 4.38. The minimum Gasteiger partial charge on any atom is -0.330 e. The maximum atomic E-state index is 5.59. The standard InChI is InChI=1S/C13H21NS/c1-10(2)12-4-6-13(7-5-12)15-9-11(3)8-14/h4-7,10-11H,8-9,14H2,1-3H3. The fourth-order valence-electron chi connectivity index (χ4n) is 1.26. The number of hydrogen-bond donors (Lipinski definition) is 1. The fourth-order valence-corrected chi connectivity index (χ4v) is 2.20. The Morgan fingerprint density at radius 1 is 1.13 bits per heavy atom. The molecule has 0 bridgehead atoms. The van der Waals surface area contributed by atoms with Gasteiger partial charge in [0, 0.05) is 10.6 Å². The van der Waals surface area contributed by atoms with Crippen LogP contribution in [0.1, 0.15) is 32.3 Å². The lowest BCUT2D eigenvalue weighted by Gasteiger charge is -2.09. The van der Waals surface area contributed by atoms with Crippen LogP contribution in [0, 0.1) is 5.92 Å². The number of thioether (sulfide) groups is 1. The maximum absolute atomic E-state index is 5.59. The smallest absolute Gasteiger partial charge is 0.00722 e. The quantitative estimate of drug-likeness (QED) is 0.773. The summed E-state index contributed by atoms with van der Waals surface area (Å²) in [7, 11) is 0. The predicted molar refractivity (Wildman–Crippen MR) is 69.5 cm³/mol. The Hall–Kier alpha value is -0.470. The first-order valence-electron chi connectivity index (χ1n) is 5.56. The van der Waals surface area contributed by atoms with Crippen LogP contribution >= 0.6 is 11.8 Å². The van der Waals surface area contributed by atoms with Crippen molar-refractivity contribution in [3.63, 3.8) is 0 Å². The number of benzene rings is 1. The van der Waals surface area contributed by atoms with Crippen molar-refractivity contribution in [2.45, 2.75) is 31.6 Å². The average molecular weight is 223 g/mol. The summed E-state index contributed by atoms with van der Waals surface area (Å²) in [5.41, 5.74) is 7.00. The molecule has 0 saturated carbocycles. The Morgan fingerprint density at radius 3 is 2.20 bits per heavy atom. The van der Waals surface area contributed by atoms with Crippen LogP contribution in [0.25, 0.3) is 0 Å². The zero-order chi connectivity index (χ0) is 11.3. The summed E-state index contributed by atoms with van der Waals surface area (Å²) in [4.78, 5) is 1.35. The van der Waals surface area contributed by atoms with Gasteiger partial charge in [-0.15, -0.1) is 11.8 Å². The molecule has 0 heterocycles. The van der Waals surface area contributed by atoms with Crippen LogP contribution in [-0.4, -0.2) is 12.3 Å². The molecule has 0 aliphatic carbocycles. The third-order valence-electron chi connectivity index (χ3n) is 2.48. The summed E-state index contributed by atoms with van der Waals surface area (Å²) in [6, 6.07) is 8.87. The third-order valence-corrected chi connectivity index (χ3v) is 3.82. The van der Waals surface area contributed by atoms with Gasteiger partial charge in [0.1, 0.15) is 0 Å². The van der Waals surface area contributed by atoms with E-state index in [0.717, 1.165) is 12.3 Å². The number of rotatable bonds is 5. The molecule has 0 aliphatic heterocycles. The molecule has 1 aromatic rings. The summed E-state index contributed by atoms with van der Waals surface area (Å²) < 4.78 is 0. The minimum atomic E-state index is 0.597. The molecule has 2 N–H and O–H groups in total. The maximum Gasteiger partial charge on any atom is 0.00722 e. The molecular weight excluding hydrogens is 202 g/mol. The van der Waals surface area contributed by atoms with Crippen molar-refractivity contribution in [3.8, 4) is 0 Å². The van der Waals surface area contributed by atoms with E-state index in [0.29, 0.717) is 11.8 Å². The van der Waals surface area contributed by atoms with Gasteiger partial charge in [-0.1, -0.05) is 32.9 Å². The van der Waals surface area contributed by atoms with Crippen LogP contribution in [0.5, 0.6) is 0 Å². The van der Waals surface area contributed by atoms with Crippen LogP contribution in [-0.2, 0) is 0 Å². The Bertz CT molecular complexity index is 279. The molecular formula is C13H21NS. The third kappa shape index (κ3) is 4.27. The normalized spacial score (nSPS) is 13.1. The van der Waals surface area contributed by atoms with Gasteiger partial charge in [0.2, 0.25) is 0 Å². The molecule has 0 aromatic heterocycles. The second kappa shape index (κ2) is 6.19. The molecule has 0 amide bonds. The molecule has 1 rings (SSSR count). The van der Waals surface area contributed by atoms with E-state index >= 15 is 0 Å². The Kier molecular flexibility index (Phi) is 5.20. The SMILES string of the molecule is CC(CN)CSc1ccc(C(C)C)cc1. The van der Waals surface area contributed by atoms with Gasteiger partial charge in [-0.25, -0.2) is 0 Å². The van der Waals surface area contributed by atoms with E-state index in [1.807, 2.05) is 11.8 Å². The van der Waals surface area contributed by atoms with Crippen molar-refractivity contribution >= 4 is 11.8 Å². The van der Waals surface area contributed by atoms with Gasteiger partial charge in [0.15, 0.2) is 0 Å². The minimum absolute atomic E-state index is 0.597. The molecule has 1 atom stereocenters. The van der Waals surface area contributed by atoms with E-state index in [1.54, 1.807) is 0 Å². The summed E-state index contributed by atoms with van der Waals surface area (Å²) >= 11 is 1.89. The van der Waals surface area contributed by atoms with Crippen LogP contribution in [0.3, 0.4) is 0 Å². The van der Waals surface area contributed by atoms with Crippen molar-refractivity contribution in [2.24, 2.45) is 11.7 Å². The molecule has 0 radical (unpaired) electrons. The van der Waals surface area contributed by atoms with Crippen molar-refractivity contribution in [2.75, 3.05) is 12.3 Å². The Morgan fingerprint density at radius 2 is 1.73 bits per heavy atom. The van der Waals surface area contributed by atoms with Crippen molar-refractivity contribution in [1.82, 2.24) is 0 Å². The van der Waals surface area contributed by atoms with E-state index in [-0.39, 0.29) is 0 Å². The predicted octanol–water partition coefficient (Wildman–Crippen LogP) is 3.50. The van der Waals surface area contributed by atoms with Gasteiger partial charge >= 0.3 is 0 Å². The highest BCUT2D eigenvalue weighted by atomic mass is 32.2. The van der Waals surface area contributed by atoms with Gasteiger partial charge in [0.25, 0.3) is 0 Å². The van der Waals surface area contributed by atoms with Crippen molar-refractivity contribution in [1.29, 1.82) is 0 Å². The van der Waals surface area contributed by atoms with Crippen LogP contribution in [0.2, 0.25) is 0 Å². The van der Waals surface area contributed by atoms with E-state index in [2.05, 4.69) is 45.0 Å². The molecule has 0 spiro atoms. The first-order valence-corrected chi connectivity index (χ1v) is 6.55. The van der Waals surface area contributed by atoms with E-state index in [4.69, 9.17) is 5.73 Å². The van der Waals surface area contributed by atoms with Gasteiger partial charge in [-0.2, -0.15) is 0 Å². The molecule has 1 nitrogen and oxygen atoms in total. The first-order chi connectivity index (χ1) is 7.13. The van der Waals surface area contributed by atoms with Crippen molar-refractivity contribution < 1.29 is 0 Å². The molecule has 15 heavy (non-hydrogen) atoms. The summed E-state index contributed by atoms with van der Waals surface area (Å²) in [5.74, 6) is 2.32. The molecule has 1 unspecified atom stereocenters. The lowest BCUT2D eigenvalue weighted by Crippen LogP contribution is -2.12. The first kappa shape index (κ1) is 12.6. The zero-order valence-electron chi connectivity index (χ0n) is 9.86. The highest BCUT2D eigenvalue weighted by Gasteiger charge is 2.02. The molecule has 0 fully saturated rings. The largest absolute Gasteiger partial charge is 0.330 e. The lowest BCUT2D eigenvalue weighted by atomic mass is 10.0. The van der Waals surface area contributed by atoms with E-state index in [9.17, 15) is 0 Å². The lowest BCUT2D eigenvalue weighted by molar-refractivity contribution is 0.675. The zero-order valence-corrected chi connectivity index (χ0v) is 10.7. The summed E-state index contributed by atoms with van der Waals surface area (Å²) in [6.07, 6.45) is 0. The molecule has 2 heteroatoms.